The van der Waals surface area contributed by atoms with E-state index < -0.39 is 0 Å². The largest absolute Gasteiger partial charge is 0.309 e. The van der Waals surface area contributed by atoms with E-state index in [1.165, 1.54) is 6.07 Å². The maximum Gasteiger partial charge on any atom is 0.127 e. The van der Waals surface area contributed by atoms with Gasteiger partial charge in [-0.15, -0.1) is 0 Å². The lowest BCUT2D eigenvalue weighted by molar-refractivity contribution is 0.618. The molecule has 0 radical (unpaired) electrons. The first-order chi connectivity index (χ1) is 6.24. The Balaban J connectivity index is 2.81. The number of aryl methyl sites for hydroxylation is 1. The molecule has 0 unspecified atom stereocenters. The van der Waals surface area contributed by atoms with Crippen molar-refractivity contribution in [3.63, 3.8) is 0 Å². The molecule has 0 spiro atoms. The highest BCUT2D eigenvalue weighted by Gasteiger charge is 1.95. The Labute approximate surface area is 78.0 Å². The van der Waals surface area contributed by atoms with Gasteiger partial charge in [0.15, 0.2) is 0 Å². The van der Waals surface area contributed by atoms with Gasteiger partial charge in [0.2, 0.25) is 0 Å². The minimum absolute atomic E-state index is 0.198. The minimum Gasteiger partial charge on any atom is -0.309 e. The van der Waals surface area contributed by atoms with Crippen LogP contribution in [-0.4, -0.2) is 13.6 Å². The van der Waals surface area contributed by atoms with Crippen molar-refractivity contribution in [1.82, 2.24) is 5.32 Å². The van der Waals surface area contributed by atoms with Crippen LogP contribution in [0.15, 0.2) is 18.2 Å². The van der Waals surface area contributed by atoms with E-state index in [2.05, 4.69) is 17.2 Å². The summed E-state index contributed by atoms with van der Waals surface area (Å²) in [4.78, 5) is 0. The van der Waals surface area contributed by atoms with Gasteiger partial charge in [-0.1, -0.05) is 17.9 Å². The fourth-order valence-corrected chi connectivity index (χ4v) is 0.905. The van der Waals surface area contributed by atoms with Crippen molar-refractivity contribution in [2.75, 3.05) is 13.6 Å². The third-order valence-electron chi connectivity index (χ3n) is 1.67. The molecule has 1 rings (SSSR count). The number of rotatable bonds is 1. The van der Waals surface area contributed by atoms with Crippen molar-refractivity contribution in [1.29, 1.82) is 0 Å². The minimum atomic E-state index is -0.198. The molecule has 0 amide bonds. The van der Waals surface area contributed by atoms with E-state index in [0.717, 1.165) is 5.56 Å². The van der Waals surface area contributed by atoms with Crippen molar-refractivity contribution >= 4 is 0 Å². The first-order valence-corrected chi connectivity index (χ1v) is 4.13. The molecule has 0 saturated heterocycles. The molecule has 0 heterocycles. The molecule has 0 aliphatic rings. The number of nitrogens with one attached hydrogen (secondary N) is 1. The van der Waals surface area contributed by atoms with Crippen molar-refractivity contribution in [3.05, 3.63) is 35.1 Å². The molecule has 1 aromatic rings. The Bertz CT molecular complexity index is 347. The first kappa shape index (κ1) is 9.76. The van der Waals surface area contributed by atoms with Crippen molar-refractivity contribution < 1.29 is 4.39 Å². The van der Waals surface area contributed by atoms with Crippen molar-refractivity contribution in [2.24, 2.45) is 0 Å². The second-order valence-electron chi connectivity index (χ2n) is 2.80. The lowest BCUT2D eigenvalue weighted by Crippen LogP contribution is -2.04. The normalized spacial score (nSPS) is 9.15. The van der Waals surface area contributed by atoms with Crippen LogP contribution < -0.4 is 5.32 Å². The van der Waals surface area contributed by atoms with Crippen molar-refractivity contribution in [2.45, 2.75) is 6.92 Å². The molecular weight excluding hydrogens is 165 g/mol. The van der Waals surface area contributed by atoms with Crippen LogP contribution in [0, 0.1) is 24.6 Å². The quantitative estimate of drug-likeness (QED) is 0.644. The molecule has 0 bridgehead atoms. The topological polar surface area (TPSA) is 12.0 Å². The standard InChI is InChI=1S/C11H12FN/c1-9-5-6-10(8-11(9)12)4-3-7-13-2/h5-6,8,13H,7H2,1-2H3. The van der Waals surface area contributed by atoms with Crippen LogP contribution in [0.5, 0.6) is 0 Å². The highest BCUT2D eigenvalue weighted by molar-refractivity contribution is 5.36. The zero-order chi connectivity index (χ0) is 9.68. The summed E-state index contributed by atoms with van der Waals surface area (Å²) in [5, 5.41) is 2.90. The monoisotopic (exact) mass is 177 g/mol. The van der Waals surface area contributed by atoms with Crippen LogP contribution in [0.4, 0.5) is 4.39 Å². The zero-order valence-electron chi connectivity index (χ0n) is 7.82. The SMILES string of the molecule is CNCC#Cc1ccc(C)c(F)c1. The van der Waals surface area contributed by atoms with E-state index in [9.17, 15) is 4.39 Å². The van der Waals surface area contributed by atoms with Crippen LogP contribution in [0.1, 0.15) is 11.1 Å². The molecule has 0 fully saturated rings. The Hall–Kier alpha value is -1.33. The Kier molecular flexibility index (Phi) is 3.48. The van der Waals surface area contributed by atoms with Gasteiger partial charge in [0.1, 0.15) is 5.82 Å². The summed E-state index contributed by atoms with van der Waals surface area (Å²) >= 11 is 0. The average molecular weight is 177 g/mol. The van der Waals surface area contributed by atoms with Gasteiger partial charge in [0.25, 0.3) is 0 Å². The molecular formula is C11H12FN. The van der Waals surface area contributed by atoms with E-state index in [4.69, 9.17) is 0 Å². The maximum atomic E-state index is 13.0. The van der Waals surface area contributed by atoms with E-state index in [0.29, 0.717) is 12.1 Å². The third kappa shape index (κ3) is 2.89. The first-order valence-electron chi connectivity index (χ1n) is 4.13. The van der Waals surface area contributed by atoms with Gasteiger partial charge >= 0.3 is 0 Å². The van der Waals surface area contributed by atoms with Gasteiger partial charge in [-0.3, -0.25) is 0 Å². The number of halogens is 1. The summed E-state index contributed by atoms with van der Waals surface area (Å²) in [5.41, 5.74) is 1.37. The molecule has 0 aliphatic heterocycles. The smallest absolute Gasteiger partial charge is 0.127 e. The van der Waals surface area contributed by atoms with E-state index >= 15 is 0 Å². The molecule has 1 nitrogen and oxygen atoms in total. The molecule has 2 heteroatoms. The summed E-state index contributed by atoms with van der Waals surface area (Å²) in [7, 11) is 1.82. The number of hydrogen-bond acceptors (Lipinski definition) is 1. The van der Waals surface area contributed by atoms with Crippen molar-refractivity contribution in [3.8, 4) is 11.8 Å². The molecule has 0 aliphatic carbocycles. The average Bonchev–Trinajstić information content (AvgIpc) is 2.12. The Morgan fingerprint density at radius 2 is 2.23 bits per heavy atom. The summed E-state index contributed by atoms with van der Waals surface area (Å²) in [6.45, 7) is 2.36. The van der Waals surface area contributed by atoms with Gasteiger partial charge < -0.3 is 5.32 Å². The van der Waals surface area contributed by atoms with Gasteiger partial charge in [-0.05, 0) is 31.7 Å². The Morgan fingerprint density at radius 3 is 2.85 bits per heavy atom. The molecule has 13 heavy (non-hydrogen) atoms. The van der Waals surface area contributed by atoms with Gasteiger partial charge in [0.05, 0.1) is 6.54 Å². The molecule has 0 saturated carbocycles. The second kappa shape index (κ2) is 4.64. The summed E-state index contributed by atoms with van der Waals surface area (Å²) in [6.07, 6.45) is 0. The number of benzene rings is 1. The predicted octanol–water partition coefficient (Wildman–Crippen LogP) is 1.71. The predicted molar refractivity (Wildman–Crippen MR) is 51.9 cm³/mol. The van der Waals surface area contributed by atoms with Crippen LogP contribution >= 0.6 is 0 Å². The number of hydrogen-bond donors (Lipinski definition) is 1. The van der Waals surface area contributed by atoms with Gasteiger partial charge in [-0.2, -0.15) is 0 Å². The summed E-state index contributed by atoms with van der Waals surface area (Å²) < 4.78 is 13.0. The fraction of sp³-hybridized carbons (Fsp3) is 0.273. The van der Waals surface area contributed by atoms with Crippen LogP contribution in [0.25, 0.3) is 0 Å². The Morgan fingerprint density at radius 1 is 1.46 bits per heavy atom. The summed E-state index contributed by atoms with van der Waals surface area (Å²) in [6, 6.07) is 5.01. The summed E-state index contributed by atoms with van der Waals surface area (Å²) in [5.74, 6) is 5.53. The molecule has 0 atom stereocenters. The second-order valence-corrected chi connectivity index (χ2v) is 2.80. The van der Waals surface area contributed by atoms with Crippen LogP contribution in [-0.2, 0) is 0 Å². The molecule has 1 aromatic carbocycles. The van der Waals surface area contributed by atoms with E-state index in [-0.39, 0.29) is 5.82 Å². The highest BCUT2D eigenvalue weighted by atomic mass is 19.1. The third-order valence-corrected chi connectivity index (χ3v) is 1.67. The zero-order valence-corrected chi connectivity index (χ0v) is 7.82. The van der Waals surface area contributed by atoms with E-state index in [1.54, 1.807) is 13.0 Å². The van der Waals surface area contributed by atoms with E-state index in [1.807, 2.05) is 13.1 Å². The van der Waals surface area contributed by atoms with Crippen LogP contribution in [0.2, 0.25) is 0 Å². The maximum absolute atomic E-state index is 13.0. The fourth-order valence-electron chi connectivity index (χ4n) is 0.905. The van der Waals surface area contributed by atoms with Gasteiger partial charge in [0, 0.05) is 5.56 Å². The lowest BCUT2D eigenvalue weighted by atomic mass is 10.1. The lowest BCUT2D eigenvalue weighted by Gasteiger charge is -1.95. The van der Waals surface area contributed by atoms with Crippen LogP contribution in [0.3, 0.4) is 0 Å². The molecule has 0 aromatic heterocycles. The highest BCUT2D eigenvalue weighted by Crippen LogP contribution is 2.07. The molecule has 68 valence electrons. The molecule has 1 N–H and O–H groups in total. The van der Waals surface area contributed by atoms with Gasteiger partial charge in [-0.25, -0.2) is 4.39 Å².